The van der Waals surface area contributed by atoms with Gasteiger partial charge < -0.3 is 10.1 Å². The number of nitrogens with zero attached hydrogens (tertiary/aromatic N) is 2. The van der Waals surface area contributed by atoms with Gasteiger partial charge in [0.15, 0.2) is 0 Å². The summed E-state index contributed by atoms with van der Waals surface area (Å²) in [7, 11) is -3.89. The maximum absolute atomic E-state index is 13.4. The first-order valence-corrected chi connectivity index (χ1v) is 12.0. The topological polar surface area (TPSA) is 79.0 Å². The first-order chi connectivity index (χ1) is 14.9. The molecule has 2 aromatic rings. The van der Waals surface area contributed by atoms with Crippen LogP contribution in [0, 0.1) is 13.8 Å². The van der Waals surface area contributed by atoms with Crippen LogP contribution in [0.3, 0.4) is 0 Å². The van der Waals surface area contributed by atoms with Crippen molar-refractivity contribution in [2.75, 3.05) is 50.2 Å². The van der Waals surface area contributed by atoms with Gasteiger partial charge in [-0.25, -0.2) is 8.42 Å². The minimum Gasteiger partial charge on any atom is -0.379 e. The molecule has 31 heavy (non-hydrogen) atoms. The third kappa shape index (κ3) is 6.29. The fourth-order valence-electron chi connectivity index (χ4n) is 3.55. The van der Waals surface area contributed by atoms with E-state index in [9.17, 15) is 13.2 Å². The Hall–Kier alpha value is -2.42. The highest BCUT2D eigenvalue weighted by Gasteiger charge is 2.28. The largest absolute Gasteiger partial charge is 0.379 e. The number of sulfonamides is 1. The molecule has 3 rings (SSSR count). The normalized spacial score (nSPS) is 14.9. The van der Waals surface area contributed by atoms with E-state index in [-0.39, 0.29) is 17.3 Å². The van der Waals surface area contributed by atoms with Crippen LogP contribution in [0.25, 0.3) is 0 Å². The molecular formula is C23H31N3O4S. The predicted octanol–water partition coefficient (Wildman–Crippen LogP) is 2.34. The minimum atomic E-state index is -3.89. The molecule has 0 spiro atoms. The van der Waals surface area contributed by atoms with Gasteiger partial charge in [0.2, 0.25) is 5.91 Å². The lowest BCUT2D eigenvalue weighted by atomic mass is 10.1. The smallest absolute Gasteiger partial charge is 0.264 e. The number of aryl methyl sites for hydroxylation is 2. The van der Waals surface area contributed by atoms with E-state index in [1.165, 1.54) is 4.31 Å². The Bertz CT molecular complexity index is 974. The van der Waals surface area contributed by atoms with E-state index in [0.29, 0.717) is 12.2 Å². The van der Waals surface area contributed by atoms with E-state index in [4.69, 9.17) is 4.74 Å². The average Bonchev–Trinajstić information content (AvgIpc) is 2.78. The SMILES string of the molecule is Cc1ccc(C)c(N(CC(=O)NCCCN2CCOCC2)S(=O)(=O)c2ccccc2)c1. The third-order valence-electron chi connectivity index (χ3n) is 5.33. The van der Waals surface area contributed by atoms with Crippen LogP contribution >= 0.6 is 0 Å². The number of anilines is 1. The van der Waals surface area contributed by atoms with E-state index in [2.05, 4.69) is 10.2 Å². The molecule has 1 amide bonds. The van der Waals surface area contributed by atoms with E-state index in [0.717, 1.165) is 50.4 Å². The molecule has 0 atom stereocenters. The Labute approximate surface area is 185 Å². The zero-order valence-electron chi connectivity index (χ0n) is 18.2. The van der Waals surface area contributed by atoms with E-state index in [1.54, 1.807) is 30.3 Å². The number of nitrogens with one attached hydrogen (secondary N) is 1. The summed E-state index contributed by atoms with van der Waals surface area (Å²) in [5, 5.41) is 2.88. The summed E-state index contributed by atoms with van der Waals surface area (Å²) < 4.78 is 33.3. The number of ether oxygens (including phenoxy) is 1. The number of hydrogen-bond donors (Lipinski definition) is 1. The van der Waals surface area contributed by atoms with Gasteiger partial charge in [0.1, 0.15) is 6.54 Å². The van der Waals surface area contributed by atoms with Gasteiger partial charge >= 0.3 is 0 Å². The lowest BCUT2D eigenvalue weighted by Crippen LogP contribution is -2.42. The zero-order valence-corrected chi connectivity index (χ0v) is 19.0. The summed E-state index contributed by atoms with van der Waals surface area (Å²) in [6.45, 7) is 8.18. The standard InChI is InChI=1S/C23H31N3O4S/c1-19-9-10-20(2)22(17-19)26(31(28,29)21-7-4-3-5-8-21)18-23(27)24-11-6-12-25-13-15-30-16-14-25/h3-5,7-10,17H,6,11-16,18H2,1-2H3,(H,24,27). The second-order valence-corrected chi connectivity index (χ2v) is 9.63. The molecule has 0 saturated carbocycles. The van der Waals surface area contributed by atoms with Crippen LogP contribution in [0.2, 0.25) is 0 Å². The van der Waals surface area contributed by atoms with Crippen molar-refractivity contribution in [2.24, 2.45) is 0 Å². The van der Waals surface area contributed by atoms with Crippen molar-refractivity contribution in [3.63, 3.8) is 0 Å². The molecule has 0 bridgehead atoms. The van der Waals surface area contributed by atoms with Crippen LogP contribution in [0.5, 0.6) is 0 Å². The van der Waals surface area contributed by atoms with Gasteiger partial charge in [-0.05, 0) is 56.1 Å². The van der Waals surface area contributed by atoms with Crippen LogP contribution < -0.4 is 9.62 Å². The molecular weight excluding hydrogens is 414 g/mol. The molecule has 1 aliphatic heterocycles. The van der Waals surface area contributed by atoms with Gasteiger partial charge in [-0.1, -0.05) is 30.3 Å². The highest BCUT2D eigenvalue weighted by molar-refractivity contribution is 7.92. The summed E-state index contributed by atoms with van der Waals surface area (Å²) >= 11 is 0. The van der Waals surface area contributed by atoms with Crippen LogP contribution in [-0.2, 0) is 19.6 Å². The maximum atomic E-state index is 13.4. The molecule has 1 saturated heterocycles. The lowest BCUT2D eigenvalue weighted by molar-refractivity contribution is -0.119. The third-order valence-corrected chi connectivity index (χ3v) is 7.10. The first kappa shape index (κ1) is 23.2. The van der Waals surface area contributed by atoms with Gasteiger partial charge in [-0.2, -0.15) is 0 Å². The Balaban J connectivity index is 1.71. The number of carbonyl (C=O) groups is 1. The first-order valence-electron chi connectivity index (χ1n) is 10.6. The molecule has 0 unspecified atom stereocenters. The van der Waals surface area contributed by atoms with Crippen molar-refractivity contribution >= 4 is 21.6 Å². The molecule has 1 aliphatic rings. The number of rotatable bonds is 9. The second kappa shape index (κ2) is 10.7. The predicted molar refractivity (Wildman–Crippen MR) is 122 cm³/mol. The van der Waals surface area contributed by atoms with Gasteiger partial charge in [0, 0.05) is 19.6 Å². The van der Waals surface area contributed by atoms with Crippen LogP contribution in [0.4, 0.5) is 5.69 Å². The highest BCUT2D eigenvalue weighted by atomic mass is 32.2. The van der Waals surface area contributed by atoms with Crippen molar-refractivity contribution in [2.45, 2.75) is 25.2 Å². The van der Waals surface area contributed by atoms with Crippen molar-refractivity contribution in [1.82, 2.24) is 10.2 Å². The van der Waals surface area contributed by atoms with E-state index < -0.39 is 10.0 Å². The number of hydrogen-bond acceptors (Lipinski definition) is 5. The van der Waals surface area contributed by atoms with Crippen LogP contribution in [0.1, 0.15) is 17.5 Å². The molecule has 8 heteroatoms. The van der Waals surface area contributed by atoms with Gasteiger partial charge in [0.05, 0.1) is 23.8 Å². The monoisotopic (exact) mass is 445 g/mol. The quantitative estimate of drug-likeness (QED) is 0.600. The minimum absolute atomic E-state index is 0.163. The number of benzene rings is 2. The van der Waals surface area contributed by atoms with Crippen LogP contribution in [-0.4, -0.2) is 65.2 Å². The van der Waals surface area contributed by atoms with Crippen molar-refractivity contribution < 1.29 is 17.9 Å². The maximum Gasteiger partial charge on any atom is 0.264 e. The van der Waals surface area contributed by atoms with Gasteiger partial charge in [-0.3, -0.25) is 14.0 Å². The average molecular weight is 446 g/mol. The number of morpholine rings is 1. The summed E-state index contributed by atoms with van der Waals surface area (Å²) in [6, 6.07) is 13.8. The second-order valence-electron chi connectivity index (χ2n) is 7.77. The van der Waals surface area contributed by atoms with E-state index >= 15 is 0 Å². The molecule has 7 nitrogen and oxygen atoms in total. The van der Waals surface area contributed by atoms with Gasteiger partial charge in [-0.15, -0.1) is 0 Å². The Kier molecular flexibility index (Phi) is 8.06. The molecule has 2 aromatic carbocycles. The summed E-state index contributed by atoms with van der Waals surface area (Å²) in [4.78, 5) is 15.2. The van der Waals surface area contributed by atoms with Crippen LogP contribution in [0.15, 0.2) is 53.4 Å². The Morgan fingerprint density at radius 1 is 1.10 bits per heavy atom. The molecule has 0 aromatic heterocycles. The fourth-order valence-corrected chi connectivity index (χ4v) is 5.05. The summed E-state index contributed by atoms with van der Waals surface area (Å²) in [5.41, 5.74) is 2.25. The van der Waals surface area contributed by atoms with Crippen molar-refractivity contribution in [1.29, 1.82) is 0 Å². The Morgan fingerprint density at radius 3 is 2.52 bits per heavy atom. The summed E-state index contributed by atoms with van der Waals surface area (Å²) in [5.74, 6) is -0.317. The lowest BCUT2D eigenvalue weighted by Gasteiger charge is -2.27. The van der Waals surface area contributed by atoms with Crippen molar-refractivity contribution in [3.05, 3.63) is 59.7 Å². The molecule has 1 fully saturated rings. The molecule has 0 radical (unpaired) electrons. The zero-order chi connectivity index (χ0) is 22.3. The number of amides is 1. The Morgan fingerprint density at radius 2 is 1.81 bits per heavy atom. The highest BCUT2D eigenvalue weighted by Crippen LogP contribution is 2.27. The summed E-state index contributed by atoms with van der Waals surface area (Å²) in [6.07, 6.45) is 0.806. The van der Waals surface area contributed by atoms with E-state index in [1.807, 2.05) is 32.0 Å². The molecule has 1 N–H and O–H groups in total. The molecule has 168 valence electrons. The molecule has 1 heterocycles. The molecule has 0 aliphatic carbocycles. The van der Waals surface area contributed by atoms with Gasteiger partial charge in [0.25, 0.3) is 10.0 Å². The van der Waals surface area contributed by atoms with Crippen molar-refractivity contribution in [3.8, 4) is 0 Å². The number of carbonyl (C=O) groups excluding carboxylic acids is 1. The fraction of sp³-hybridized carbons (Fsp3) is 0.435.